The maximum Gasteiger partial charge on any atom is 0.297 e. The van der Waals surface area contributed by atoms with Crippen LogP contribution >= 0.6 is 11.6 Å². The van der Waals surface area contributed by atoms with E-state index in [4.69, 9.17) is 25.9 Å². The number of hydrogen-bond acceptors (Lipinski definition) is 7. The van der Waals surface area contributed by atoms with Crippen molar-refractivity contribution < 1.29 is 32.3 Å². The molecule has 0 radical (unpaired) electrons. The number of carboxylic acid groups (broad SMARTS) is 1. The van der Waals surface area contributed by atoms with Crippen LogP contribution in [0.2, 0.25) is 5.02 Å². The highest BCUT2D eigenvalue weighted by Gasteiger charge is 2.44. The van der Waals surface area contributed by atoms with Crippen molar-refractivity contribution in [2.24, 2.45) is 5.92 Å². The van der Waals surface area contributed by atoms with Gasteiger partial charge in [0.05, 0.1) is 10.6 Å². The molecule has 0 aliphatic carbocycles. The van der Waals surface area contributed by atoms with Crippen LogP contribution in [0.15, 0.2) is 45.7 Å². The third-order valence-electron chi connectivity index (χ3n) is 7.60. The van der Waals surface area contributed by atoms with Crippen LogP contribution in [0.5, 0.6) is 0 Å². The number of likely N-dealkylation sites (tertiary alicyclic amines) is 1. The van der Waals surface area contributed by atoms with Crippen LogP contribution < -0.4 is 10.5 Å². The Hall–Kier alpha value is -4.13. The Kier molecular flexibility index (Phi) is 9.95. The molecule has 43 heavy (non-hydrogen) atoms. The van der Waals surface area contributed by atoms with Gasteiger partial charge in [-0.1, -0.05) is 30.7 Å². The SMILES string of the molecule is CC(=O)N1CC[C@](F)(c2cc(Cl)c[nH]c2=O)[C@@H](C)C1.FC(F)c1nc(N2CCCC2)c2oc3ccccc3c2n1.O=CO. The highest BCUT2D eigenvalue weighted by Crippen LogP contribution is 2.40. The third-order valence-corrected chi connectivity index (χ3v) is 7.82. The highest BCUT2D eigenvalue weighted by atomic mass is 35.5. The van der Waals surface area contributed by atoms with Gasteiger partial charge in [-0.15, -0.1) is 0 Å². The number of pyridine rings is 1. The van der Waals surface area contributed by atoms with Gasteiger partial charge in [-0.2, -0.15) is 0 Å². The van der Waals surface area contributed by atoms with E-state index in [1.807, 2.05) is 29.2 Å². The summed E-state index contributed by atoms with van der Waals surface area (Å²) in [6.45, 7) is 5.15. The number of anilines is 1. The highest BCUT2D eigenvalue weighted by molar-refractivity contribution is 6.30. The van der Waals surface area contributed by atoms with Crippen molar-refractivity contribution in [3.8, 4) is 0 Å². The minimum atomic E-state index is -2.69. The van der Waals surface area contributed by atoms with E-state index in [-0.39, 0.29) is 24.4 Å². The van der Waals surface area contributed by atoms with Crippen LogP contribution in [-0.4, -0.2) is 63.5 Å². The number of H-pyrrole nitrogens is 1. The number of aromatic amines is 1. The number of nitrogens with zero attached hydrogens (tertiary/aromatic N) is 4. The van der Waals surface area contributed by atoms with Gasteiger partial charge in [-0.05, 0) is 31.0 Å². The molecule has 2 N–H and O–H groups in total. The second kappa shape index (κ2) is 13.4. The first-order chi connectivity index (χ1) is 20.5. The zero-order chi connectivity index (χ0) is 31.3. The van der Waals surface area contributed by atoms with E-state index >= 15 is 4.39 Å². The summed E-state index contributed by atoms with van der Waals surface area (Å²) >= 11 is 5.82. The Morgan fingerprint density at radius 3 is 2.53 bits per heavy atom. The van der Waals surface area contributed by atoms with Gasteiger partial charge in [-0.25, -0.2) is 23.1 Å². The lowest BCUT2D eigenvalue weighted by molar-refractivity contribution is -0.133. The topological polar surface area (TPSA) is 133 Å². The number of aromatic nitrogens is 3. The molecular weight excluding hydrogens is 591 g/mol. The molecule has 0 unspecified atom stereocenters. The van der Waals surface area contributed by atoms with E-state index in [0.29, 0.717) is 40.6 Å². The van der Waals surface area contributed by atoms with Crippen LogP contribution in [0.25, 0.3) is 22.1 Å². The van der Waals surface area contributed by atoms with Crippen molar-refractivity contribution in [3.05, 3.63) is 63.3 Å². The zero-order valence-electron chi connectivity index (χ0n) is 23.5. The molecular formula is C29H31ClF3N5O5. The molecule has 2 saturated heterocycles. The summed E-state index contributed by atoms with van der Waals surface area (Å²) in [6.07, 6.45) is 0.832. The fraction of sp³-hybridized carbons (Fsp3) is 0.414. The van der Waals surface area contributed by atoms with Gasteiger partial charge in [-0.3, -0.25) is 14.4 Å². The van der Waals surface area contributed by atoms with Crippen LogP contribution in [0.3, 0.4) is 0 Å². The summed E-state index contributed by atoms with van der Waals surface area (Å²) in [7, 11) is 0. The quantitative estimate of drug-likeness (QED) is 0.279. The molecule has 10 nitrogen and oxygen atoms in total. The van der Waals surface area contributed by atoms with Crippen molar-refractivity contribution in [1.82, 2.24) is 19.9 Å². The number of para-hydroxylation sites is 1. The Morgan fingerprint density at radius 2 is 1.91 bits per heavy atom. The Balaban J connectivity index is 0.000000182. The number of halogens is 4. The van der Waals surface area contributed by atoms with Crippen molar-refractivity contribution in [1.29, 1.82) is 0 Å². The van der Waals surface area contributed by atoms with E-state index in [9.17, 15) is 18.4 Å². The number of hydrogen-bond donors (Lipinski definition) is 2. The molecule has 0 spiro atoms. The Labute approximate surface area is 249 Å². The van der Waals surface area contributed by atoms with Gasteiger partial charge >= 0.3 is 0 Å². The number of carbonyl (C=O) groups is 2. The Morgan fingerprint density at radius 1 is 1.23 bits per heavy atom. The molecule has 2 atom stereocenters. The van der Waals surface area contributed by atoms with Crippen LogP contribution in [0.1, 0.15) is 50.9 Å². The van der Waals surface area contributed by atoms with Crippen LogP contribution in [-0.2, 0) is 15.3 Å². The van der Waals surface area contributed by atoms with Crippen LogP contribution in [0, 0.1) is 5.92 Å². The zero-order valence-corrected chi connectivity index (χ0v) is 24.3. The van der Waals surface area contributed by atoms with E-state index in [1.165, 1.54) is 19.2 Å². The van der Waals surface area contributed by atoms with Crippen molar-refractivity contribution in [3.63, 3.8) is 0 Å². The number of carbonyl (C=O) groups excluding carboxylic acids is 1. The van der Waals surface area contributed by atoms with E-state index in [0.717, 1.165) is 31.3 Å². The van der Waals surface area contributed by atoms with Crippen LogP contribution in [0.4, 0.5) is 19.0 Å². The van der Waals surface area contributed by atoms with Gasteiger partial charge in [0.2, 0.25) is 5.91 Å². The molecule has 2 fully saturated rings. The van der Waals surface area contributed by atoms with Gasteiger partial charge in [0.25, 0.3) is 18.5 Å². The molecule has 5 heterocycles. The molecule has 2 aliphatic rings. The number of alkyl halides is 3. The Bertz CT molecular complexity index is 1660. The third kappa shape index (κ3) is 6.76. The number of benzene rings is 1. The van der Waals surface area contributed by atoms with Gasteiger partial charge in [0, 0.05) is 57.0 Å². The lowest BCUT2D eigenvalue weighted by Crippen LogP contribution is -2.49. The number of amides is 1. The first-order valence-corrected chi connectivity index (χ1v) is 14.0. The van der Waals surface area contributed by atoms with Crippen molar-refractivity contribution >= 4 is 51.9 Å². The lowest BCUT2D eigenvalue weighted by Gasteiger charge is -2.40. The average Bonchev–Trinajstić information content (AvgIpc) is 3.64. The predicted molar refractivity (Wildman–Crippen MR) is 155 cm³/mol. The van der Waals surface area contributed by atoms with E-state index < -0.39 is 29.4 Å². The second-order valence-electron chi connectivity index (χ2n) is 10.3. The van der Waals surface area contributed by atoms with Crippen molar-refractivity contribution in [2.45, 2.75) is 45.2 Å². The minimum absolute atomic E-state index is 0.0516. The summed E-state index contributed by atoms with van der Waals surface area (Å²) in [5.41, 5.74) is -0.538. The largest absolute Gasteiger partial charge is 0.483 e. The molecule has 0 bridgehead atoms. The number of piperidine rings is 1. The van der Waals surface area contributed by atoms with E-state index in [2.05, 4.69) is 15.0 Å². The molecule has 3 aromatic heterocycles. The fourth-order valence-corrected chi connectivity index (χ4v) is 5.56. The molecule has 1 aromatic carbocycles. The summed E-state index contributed by atoms with van der Waals surface area (Å²) in [5, 5.41) is 7.94. The summed E-state index contributed by atoms with van der Waals surface area (Å²) < 4.78 is 47.2. The normalized spacial score (nSPS) is 20.0. The molecule has 230 valence electrons. The summed E-state index contributed by atoms with van der Waals surface area (Å²) in [6, 6.07) is 8.71. The first-order valence-electron chi connectivity index (χ1n) is 13.6. The second-order valence-corrected chi connectivity index (χ2v) is 10.8. The molecule has 2 aliphatic heterocycles. The molecule has 1 amide bonds. The number of fused-ring (bicyclic) bond motifs is 3. The average molecular weight is 622 g/mol. The summed E-state index contributed by atoms with van der Waals surface area (Å²) in [5.74, 6) is -0.474. The van der Waals surface area contributed by atoms with Gasteiger partial charge < -0.3 is 24.3 Å². The van der Waals surface area contributed by atoms with Crippen molar-refractivity contribution in [2.75, 3.05) is 31.1 Å². The summed E-state index contributed by atoms with van der Waals surface area (Å²) in [4.78, 5) is 45.6. The minimum Gasteiger partial charge on any atom is -0.483 e. The van der Waals surface area contributed by atoms with Gasteiger partial charge in [0.15, 0.2) is 17.2 Å². The monoisotopic (exact) mass is 621 g/mol. The fourth-order valence-electron chi connectivity index (χ4n) is 5.40. The first kappa shape index (κ1) is 31.8. The molecule has 4 aromatic rings. The smallest absolute Gasteiger partial charge is 0.297 e. The lowest BCUT2D eigenvalue weighted by atomic mass is 9.79. The number of furan rings is 1. The maximum absolute atomic E-state index is 15.2. The standard InChI is InChI=1S/C15H13F2N3O.C13H16ClFN2O2.CH2O2/c16-13(17)14-18-11-9-5-1-2-6-10(9)21-12(11)15(19-14)20-7-3-4-8-20;1-8-7-17(9(2)18)4-3-13(8,15)11-5-10(14)6-16-12(11)19;2-1-3/h1-2,5-6,13H,3-4,7-8H2;5-6,8H,3-4,7H2,1-2H3,(H,16,19);1H,(H,2,3)/t;8-,13+;/m.0./s1. The number of rotatable bonds is 3. The predicted octanol–water partition coefficient (Wildman–Crippen LogP) is 5.70. The molecule has 14 heteroatoms. The van der Waals surface area contributed by atoms with E-state index in [1.54, 1.807) is 11.8 Å². The maximum atomic E-state index is 15.2. The molecule has 6 rings (SSSR count). The number of nitrogens with one attached hydrogen (secondary N) is 1. The van der Waals surface area contributed by atoms with Gasteiger partial charge in [0.1, 0.15) is 16.8 Å². The molecule has 0 saturated carbocycles.